The predicted octanol–water partition coefficient (Wildman–Crippen LogP) is 4.73. The highest BCUT2D eigenvalue weighted by atomic mass is 16.2. The van der Waals surface area contributed by atoms with Crippen LogP contribution in [-0.2, 0) is 0 Å². The van der Waals surface area contributed by atoms with Gasteiger partial charge in [0.05, 0.1) is 5.69 Å². The van der Waals surface area contributed by atoms with Crippen LogP contribution in [0.25, 0.3) is 10.9 Å². The van der Waals surface area contributed by atoms with E-state index in [0.717, 1.165) is 53.2 Å². The Labute approximate surface area is 186 Å². The van der Waals surface area contributed by atoms with E-state index in [1.54, 1.807) is 6.20 Å². The van der Waals surface area contributed by atoms with Crippen LogP contribution in [0, 0.1) is 13.8 Å². The molecule has 1 amide bonds. The highest BCUT2D eigenvalue weighted by Crippen LogP contribution is 2.29. The van der Waals surface area contributed by atoms with Gasteiger partial charge in [0.2, 0.25) is 0 Å². The van der Waals surface area contributed by atoms with Crippen molar-refractivity contribution in [2.45, 2.75) is 32.6 Å². The maximum Gasteiger partial charge on any atom is 0.270 e. The molecule has 1 aliphatic heterocycles. The second kappa shape index (κ2) is 8.42. The van der Waals surface area contributed by atoms with Gasteiger partial charge in [0.15, 0.2) is 0 Å². The fourth-order valence-corrected chi connectivity index (χ4v) is 4.36. The van der Waals surface area contributed by atoms with Crippen molar-refractivity contribution in [2.24, 2.45) is 0 Å². The lowest BCUT2D eigenvalue weighted by atomic mass is 9.94. The number of para-hydroxylation sites is 1. The van der Waals surface area contributed by atoms with Gasteiger partial charge in [0.25, 0.3) is 5.91 Å². The Bertz CT molecular complexity index is 1250. The molecular weight excluding hydrogens is 400 g/mol. The van der Waals surface area contributed by atoms with Gasteiger partial charge in [-0.3, -0.25) is 4.79 Å². The zero-order chi connectivity index (χ0) is 22.1. The van der Waals surface area contributed by atoms with Crippen molar-refractivity contribution >= 4 is 28.4 Å². The molecule has 0 unspecified atom stereocenters. The number of benzene rings is 1. The number of nitrogens with one attached hydrogen (secondary N) is 2. The summed E-state index contributed by atoms with van der Waals surface area (Å²) in [5.41, 5.74) is 3.71. The van der Waals surface area contributed by atoms with Crippen molar-refractivity contribution in [1.29, 1.82) is 0 Å². The van der Waals surface area contributed by atoms with Crippen molar-refractivity contribution in [2.75, 3.05) is 18.4 Å². The van der Waals surface area contributed by atoms with Crippen LogP contribution >= 0.6 is 0 Å². The van der Waals surface area contributed by atoms with Gasteiger partial charge < -0.3 is 15.2 Å². The van der Waals surface area contributed by atoms with Gasteiger partial charge in [-0.2, -0.15) is 0 Å². The summed E-state index contributed by atoms with van der Waals surface area (Å²) in [7, 11) is 0. The van der Waals surface area contributed by atoms with Gasteiger partial charge in [-0.15, -0.1) is 0 Å². The van der Waals surface area contributed by atoms with E-state index in [2.05, 4.69) is 20.3 Å². The zero-order valence-corrected chi connectivity index (χ0v) is 18.3. The average Bonchev–Trinajstić information content (AvgIpc) is 3.23. The highest BCUT2D eigenvalue weighted by Gasteiger charge is 2.27. The van der Waals surface area contributed by atoms with Crippen molar-refractivity contribution < 1.29 is 4.79 Å². The summed E-state index contributed by atoms with van der Waals surface area (Å²) < 4.78 is 0. The SMILES string of the molecule is Cc1ccnc(Nc2cc([C@@H]3CCCN(C(=O)c4cc5ccccc5[nH]4)C3)nc(C)n2)c1. The Balaban J connectivity index is 1.35. The number of nitrogens with zero attached hydrogens (tertiary/aromatic N) is 4. The molecule has 1 saturated heterocycles. The topological polar surface area (TPSA) is 86.8 Å². The lowest BCUT2D eigenvalue weighted by molar-refractivity contribution is 0.0701. The van der Waals surface area contributed by atoms with E-state index < -0.39 is 0 Å². The number of pyridine rings is 1. The lowest BCUT2D eigenvalue weighted by Crippen LogP contribution is -2.39. The van der Waals surface area contributed by atoms with E-state index in [1.807, 2.05) is 67.3 Å². The number of carbonyl (C=O) groups is 1. The molecule has 162 valence electrons. The molecule has 0 bridgehead atoms. The molecule has 0 aliphatic carbocycles. The Morgan fingerprint density at radius 2 is 1.97 bits per heavy atom. The van der Waals surface area contributed by atoms with Crippen molar-refractivity contribution in [1.82, 2.24) is 24.8 Å². The minimum atomic E-state index is 0.0407. The summed E-state index contributed by atoms with van der Waals surface area (Å²) in [6.07, 6.45) is 3.72. The molecule has 4 aromatic rings. The molecule has 1 aliphatic rings. The number of hydrogen-bond donors (Lipinski definition) is 2. The normalized spacial score (nSPS) is 16.3. The van der Waals surface area contributed by atoms with E-state index in [1.165, 1.54) is 0 Å². The lowest BCUT2D eigenvalue weighted by Gasteiger charge is -2.32. The maximum absolute atomic E-state index is 13.2. The molecule has 7 nitrogen and oxygen atoms in total. The fraction of sp³-hybridized carbons (Fsp3) is 0.280. The summed E-state index contributed by atoms with van der Waals surface area (Å²) in [6.45, 7) is 5.33. The first-order valence-corrected chi connectivity index (χ1v) is 11.0. The standard InChI is InChI=1S/C25H26N6O/c1-16-9-10-26-23(12-16)30-24-14-21(27-17(2)28-24)19-7-5-11-31(15-19)25(32)22-13-18-6-3-4-8-20(18)29-22/h3-4,6,8-10,12-14,19,29H,5,7,11,15H2,1-2H3,(H,26,27,28,30)/t19-/m1/s1. The number of fused-ring (bicyclic) bond motifs is 1. The smallest absolute Gasteiger partial charge is 0.270 e. The number of aromatic nitrogens is 4. The van der Waals surface area contributed by atoms with Crippen LogP contribution in [0.5, 0.6) is 0 Å². The summed E-state index contributed by atoms with van der Waals surface area (Å²) in [5, 5.41) is 4.34. The first kappa shape index (κ1) is 20.2. The molecule has 32 heavy (non-hydrogen) atoms. The second-order valence-corrected chi connectivity index (χ2v) is 8.43. The largest absolute Gasteiger partial charge is 0.351 e. The quantitative estimate of drug-likeness (QED) is 0.492. The van der Waals surface area contributed by atoms with Gasteiger partial charge in [-0.05, 0) is 56.5 Å². The van der Waals surface area contributed by atoms with Gasteiger partial charge in [0.1, 0.15) is 23.2 Å². The van der Waals surface area contributed by atoms with Crippen molar-refractivity contribution in [3.63, 3.8) is 0 Å². The van der Waals surface area contributed by atoms with Crippen LogP contribution < -0.4 is 5.32 Å². The van der Waals surface area contributed by atoms with Crippen molar-refractivity contribution in [3.8, 4) is 0 Å². The Hall–Kier alpha value is -3.74. The van der Waals surface area contributed by atoms with E-state index >= 15 is 0 Å². The second-order valence-electron chi connectivity index (χ2n) is 8.43. The number of aromatic amines is 1. The van der Waals surface area contributed by atoms with Crippen LogP contribution in [-0.4, -0.2) is 43.8 Å². The molecule has 0 saturated carbocycles. The van der Waals surface area contributed by atoms with Crippen LogP contribution in [0.2, 0.25) is 0 Å². The number of rotatable bonds is 4. The number of aryl methyl sites for hydroxylation is 2. The first-order chi connectivity index (χ1) is 15.5. The monoisotopic (exact) mass is 426 g/mol. The first-order valence-electron chi connectivity index (χ1n) is 11.0. The molecule has 4 heterocycles. The van der Waals surface area contributed by atoms with Crippen LogP contribution in [0.3, 0.4) is 0 Å². The number of carbonyl (C=O) groups excluding carboxylic acids is 1. The molecule has 7 heteroatoms. The fourth-order valence-electron chi connectivity index (χ4n) is 4.36. The number of anilines is 2. The van der Waals surface area contributed by atoms with Gasteiger partial charge in [0, 0.05) is 42.2 Å². The summed E-state index contributed by atoms with van der Waals surface area (Å²) >= 11 is 0. The number of H-pyrrole nitrogens is 1. The van der Waals surface area contributed by atoms with Crippen LogP contribution in [0.1, 0.15) is 46.3 Å². The number of amides is 1. The van der Waals surface area contributed by atoms with E-state index in [9.17, 15) is 4.79 Å². The Kier molecular flexibility index (Phi) is 5.31. The molecule has 1 atom stereocenters. The Morgan fingerprint density at radius 3 is 2.81 bits per heavy atom. The van der Waals surface area contributed by atoms with Gasteiger partial charge in [-0.25, -0.2) is 15.0 Å². The molecule has 3 aromatic heterocycles. The molecule has 0 radical (unpaired) electrons. The third kappa shape index (κ3) is 4.19. The minimum Gasteiger partial charge on any atom is -0.351 e. The number of piperidine rings is 1. The molecular formula is C25H26N6O. The average molecular weight is 427 g/mol. The van der Waals surface area contributed by atoms with Gasteiger partial charge in [-0.1, -0.05) is 18.2 Å². The molecule has 0 spiro atoms. The molecule has 5 rings (SSSR count). The van der Waals surface area contributed by atoms with Crippen LogP contribution in [0.4, 0.5) is 11.6 Å². The summed E-state index contributed by atoms with van der Waals surface area (Å²) in [6, 6.07) is 15.8. The van der Waals surface area contributed by atoms with E-state index in [0.29, 0.717) is 18.1 Å². The summed E-state index contributed by atoms with van der Waals surface area (Å²) in [5.74, 6) is 2.40. The number of hydrogen-bond acceptors (Lipinski definition) is 5. The third-order valence-corrected chi connectivity index (χ3v) is 5.92. The maximum atomic E-state index is 13.2. The highest BCUT2D eigenvalue weighted by molar-refractivity contribution is 5.98. The third-order valence-electron chi connectivity index (χ3n) is 5.92. The van der Waals surface area contributed by atoms with Crippen LogP contribution in [0.15, 0.2) is 54.7 Å². The molecule has 1 fully saturated rings. The molecule has 1 aromatic carbocycles. The van der Waals surface area contributed by atoms with Crippen molar-refractivity contribution in [3.05, 3.63) is 77.5 Å². The van der Waals surface area contributed by atoms with E-state index in [4.69, 9.17) is 4.98 Å². The summed E-state index contributed by atoms with van der Waals surface area (Å²) in [4.78, 5) is 32.0. The van der Waals surface area contributed by atoms with Gasteiger partial charge >= 0.3 is 0 Å². The molecule has 2 N–H and O–H groups in total. The zero-order valence-electron chi connectivity index (χ0n) is 18.3. The number of likely N-dealkylation sites (tertiary alicyclic amines) is 1. The Morgan fingerprint density at radius 1 is 1.09 bits per heavy atom. The predicted molar refractivity (Wildman–Crippen MR) is 125 cm³/mol. The minimum absolute atomic E-state index is 0.0407. The van der Waals surface area contributed by atoms with E-state index in [-0.39, 0.29) is 11.8 Å².